The molecule has 1 aromatic rings. The highest BCUT2D eigenvalue weighted by atomic mass is 16.3. The van der Waals surface area contributed by atoms with Gasteiger partial charge in [-0.3, -0.25) is 4.79 Å². The number of carbonyl (C=O) groups excluding carboxylic acids is 1. The molecule has 1 saturated carbocycles. The van der Waals surface area contributed by atoms with Crippen LogP contribution in [-0.2, 0) is 4.79 Å². The first kappa shape index (κ1) is 10.5. The SMILES string of the molecule is N#CC1(C(=O)Nc2cccc(O)c2)CCC1. The predicted octanol–water partition coefficient (Wildman–Crippen LogP) is 2.02. The van der Waals surface area contributed by atoms with Gasteiger partial charge in [0.2, 0.25) is 5.91 Å². The number of benzene rings is 1. The molecule has 1 fully saturated rings. The third-order valence-corrected chi connectivity index (χ3v) is 2.96. The summed E-state index contributed by atoms with van der Waals surface area (Å²) in [6, 6.07) is 8.39. The Balaban J connectivity index is 2.11. The van der Waals surface area contributed by atoms with Gasteiger partial charge in [0, 0.05) is 11.8 Å². The van der Waals surface area contributed by atoms with Gasteiger partial charge in [-0.1, -0.05) is 6.07 Å². The Labute approximate surface area is 93.5 Å². The lowest BCUT2D eigenvalue weighted by atomic mass is 9.69. The Morgan fingerprint density at radius 1 is 1.50 bits per heavy atom. The first-order chi connectivity index (χ1) is 7.66. The van der Waals surface area contributed by atoms with Crippen molar-refractivity contribution in [3.8, 4) is 11.8 Å². The molecule has 1 aliphatic rings. The summed E-state index contributed by atoms with van der Waals surface area (Å²) in [6.45, 7) is 0. The monoisotopic (exact) mass is 216 g/mol. The fraction of sp³-hybridized carbons (Fsp3) is 0.333. The highest BCUT2D eigenvalue weighted by Crippen LogP contribution is 2.41. The van der Waals surface area contributed by atoms with E-state index in [-0.39, 0.29) is 11.7 Å². The summed E-state index contributed by atoms with van der Waals surface area (Å²) >= 11 is 0. The fourth-order valence-corrected chi connectivity index (χ4v) is 1.75. The van der Waals surface area contributed by atoms with E-state index in [0.29, 0.717) is 18.5 Å². The molecular formula is C12H12N2O2. The molecular weight excluding hydrogens is 204 g/mol. The molecule has 0 saturated heterocycles. The molecule has 0 spiro atoms. The first-order valence-corrected chi connectivity index (χ1v) is 5.18. The van der Waals surface area contributed by atoms with Gasteiger partial charge in [-0.15, -0.1) is 0 Å². The summed E-state index contributed by atoms with van der Waals surface area (Å²) in [7, 11) is 0. The third-order valence-electron chi connectivity index (χ3n) is 2.96. The van der Waals surface area contributed by atoms with Crippen LogP contribution < -0.4 is 5.32 Å². The van der Waals surface area contributed by atoms with Crippen molar-refractivity contribution in [1.82, 2.24) is 0 Å². The van der Waals surface area contributed by atoms with Gasteiger partial charge < -0.3 is 10.4 Å². The number of phenols is 1. The number of nitrogens with zero attached hydrogens (tertiary/aromatic N) is 1. The minimum atomic E-state index is -0.856. The van der Waals surface area contributed by atoms with Crippen molar-refractivity contribution < 1.29 is 9.90 Å². The molecule has 82 valence electrons. The van der Waals surface area contributed by atoms with Crippen molar-refractivity contribution in [3.63, 3.8) is 0 Å². The number of nitriles is 1. The van der Waals surface area contributed by atoms with Crippen LogP contribution in [0.3, 0.4) is 0 Å². The first-order valence-electron chi connectivity index (χ1n) is 5.18. The van der Waals surface area contributed by atoms with E-state index in [0.717, 1.165) is 6.42 Å². The standard InChI is InChI=1S/C12H12N2O2/c13-8-12(5-2-6-12)11(16)14-9-3-1-4-10(15)7-9/h1,3-4,7,15H,2,5-6H2,(H,14,16). The fourth-order valence-electron chi connectivity index (χ4n) is 1.75. The van der Waals surface area contributed by atoms with Crippen LogP contribution in [0.25, 0.3) is 0 Å². The Morgan fingerprint density at radius 2 is 2.25 bits per heavy atom. The second-order valence-corrected chi connectivity index (χ2v) is 4.05. The van der Waals surface area contributed by atoms with Crippen LogP contribution in [0.5, 0.6) is 5.75 Å². The largest absolute Gasteiger partial charge is 0.508 e. The normalized spacial score (nSPS) is 16.9. The van der Waals surface area contributed by atoms with Crippen LogP contribution in [0.2, 0.25) is 0 Å². The van der Waals surface area contributed by atoms with Gasteiger partial charge in [0.25, 0.3) is 0 Å². The van der Waals surface area contributed by atoms with E-state index in [4.69, 9.17) is 5.26 Å². The minimum Gasteiger partial charge on any atom is -0.508 e. The number of carbonyl (C=O) groups is 1. The zero-order chi connectivity index (χ0) is 11.6. The number of phenolic OH excluding ortho intramolecular Hbond substituents is 1. The molecule has 2 rings (SSSR count). The maximum atomic E-state index is 11.8. The van der Waals surface area contributed by atoms with E-state index in [2.05, 4.69) is 11.4 Å². The average Bonchev–Trinajstić information content (AvgIpc) is 2.16. The van der Waals surface area contributed by atoms with Crippen LogP contribution in [0, 0.1) is 16.7 Å². The zero-order valence-corrected chi connectivity index (χ0v) is 8.73. The van der Waals surface area contributed by atoms with Gasteiger partial charge in [0.05, 0.1) is 6.07 Å². The van der Waals surface area contributed by atoms with Crippen LogP contribution in [-0.4, -0.2) is 11.0 Å². The molecule has 0 radical (unpaired) electrons. The molecule has 0 heterocycles. The van der Waals surface area contributed by atoms with E-state index < -0.39 is 5.41 Å². The van der Waals surface area contributed by atoms with Crippen molar-refractivity contribution in [2.75, 3.05) is 5.32 Å². The lowest BCUT2D eigenvalue weighted by Gasteiger charge is -2.33. The van der Waals surface area contributed by atoms with Crippen LogP contribution >= 0.6 is 0 Å². The highest BCUT2D eigenvalue weighted by molar-refractivity contribution is 5.97. The number of nitrogens with one attached hydrogen (secondary N) is 1. The summed E-state index contributed by atoms with van der Waals surface area (Å²) in [6.07, 6.45) is 2.16. The molecule has 2 N–H and O–H groups in total. The minimum absolute atomic E-state index is 0.0948. The smallest absolute Gasteiger partial charge is 0.244 e. The molecule has 0 atom stereocenters. The van der Waals surface area contributed by atoms with Crippen molar-refractivity contribution in [1.29, 1.82) is 5.26 Å². The van der Waals surface area contributed by atoms with E-state index in [1.807, 2.05) is 0 Å². The van der Waals surface area contributed by atoms with Crippen molar-refractivity contribution in [3.05, 3.63) is 24.3 Å². The second kappa shape index (κ2) is 3.86. The Hall–Kier alpha value is -2.02. The van der Waals surface area contributed by atoms with Crippen molar-refractivity contribution >= 4 is 11.6 Å². The lowest BCUT2D eigenvalue weighted by Crippen LogP contribution is -2.40. The third kappa shape index (κ3) is 1.72. The van der Waals surface area contributed by atoms with E-state index in [1.54, 1.807) is 12.1 Å². The molecule has 1 aliphatic carbocycles. The Bertz CT molecular complexity index is 458. The van der Waals surface area contributed by atoms with Gasteiger partial charge in [-0.05, 0) is 31.4 Å². The van der Waals surface area contributed by atoms with E-state index >= 15 is 0 Å². The van der Waals surface area contributed by atoms with Crippen LogP contribution in [0.4, 0.5) is 5.69 Å². The Kier molecular flexibility index (Phi) is 2.53. The highest BCUT2D eigenvalue weighted by Gasteiger charge is 2.44. The maximum absolute atomic E-state index is 11.8. The maximum Gasteiger partial charge on any atom is 0.244 e. The summed E-state index contributed by atoms with van der Waals surface area (Å²) in [5.41, 5.74) is -0.336. The predicted molar refractivity (Wildman–Crippen MR) is 58.6 cm³/mol. The number of anilines is 1. The quantitative estimate of drug-likeness (QED) is 0.794. The van der Waals surface area contributed by atoms with Gasteiger partial charge in [0.15, 0.2) is 0 Å². The number of hydrogen-bond acceptors (Lipinski definition) is 3. The van der Waals surface area contributed by atoms with Crippen LogP contribution in [0.1, 0.15) is 19.3 Å². The van der Waals surface area contributed by atoms with Crippen molar-refractivity contribution in [2.24, 2.45) is 5.41 Å². The molecule has 0 unspecified atom stereocenters. The van der Waals surface area contributed by atoms with Gasteiger partial charge in [0.1, 0.15) is 11.2 Å². The summed E-state index contributed by atoms with van der Waals surface area (Å²) in [5.74, 6) is -0.177. The van der Waals surface area contributed by atoms with Gasteiger partial charge in [-0.2, -0.15) is 5.26 Å². The van der Waals surface area contributed by atoms with Gasteiger partial charge in [-0.25, -0.2) is 0 Å². The number of rotatable bonds is 2. The molecule has 1 aromatic carbocycles. The number of hydrogen-bond donors (Lipinski definition) is 2. The van der Waals surface area contributed by atoms with Gasteiger partial charge >= 0.3 is 0 Å². The number of amides is 1. The molecule has 4 heteroatoms. The zero-order valence-electron chi connectivity index (χ0n) is 8.73. The lowest BCUT2D eigenvalue weighted by molar-refractivity contribution is -0.126. The molecule has 1 amide bonds. The topological polar surface area (TPSA) is 73.1 Å². The summed E-state index contributed by atoms with van der Waals surface area (Å²) < 4.78 is 0. The summed E-state index contributed by atoms with van der Waals surface area (Å²) in [4.78, 5) is 11.8. The van der Waals surface area contributed by atoms with E-state index in [1.165, 1.54) is 12.1 Å². The molecule has 0 aliphatic heterocycles. The Morgan fingerprint density at radius 3 is 2.75 bits per heavy atom. The average molecular weight is 216 g/mol. The summed E-state index contributed by atoms with van der Waals surface area (Å²) in [5, 5.41) is 20.9. The molecule has 0 aromatic heterocycles. The van der Waals surface area contributed by atoms with E-state index in [9.17, 15) is 9.90 Å². The molecule has 16 heavy (non-hydrogen) atoms. The number of aromatic hydroxyl groups is 1. The second-order valence-electron chi connectivity index (χ2n) is 4.05. The molecule has 0 bridgehead atoms. The van der Waals surface area contributed by atoms with Crippen molar-refractivity contribution in [2.45, 2.75) is 19.3 Å². The van der Waals surface area contributed by atoms with Crippen LogP contribution in [0.15, 0.2) is 24.3 Å². The molecule has 4 nitrogen and oxygen atoms in total.